The topological polar surface area (TPSA) is 60.5 Å². The van der Waals surface area contributed by atoms with E-state index >= 15 is 0 Å². The van der Waals surface area contributed by atoms with Crippen molar-refractivity contribution in [3.8, 4) is 5.75 Å². The second-order valence-corrected chi connectivity index (χ2v) is 5.44. The molecule has 21 heavy (non-hydrogen) atoms. The van der Waals surface area contributed by atoms with Gasteiger partial charge in [0.2, 0.25) is 0 Å². The van der Waals surface area contributed by atoms with Crippen LogP contribution < -0.4 is 10.1 Å². The number of amides is 1. The second kappa shape index (κ2) is 7.98. The van der Waals surface area contributed by atoms with E-state index in [0.29, 0.717) is 23.9 Å². The minimum absolute atomic E-state index is 0.180. The van der Waals surface area contributed by atoms with Gasteiger partial charge in [-0.15, -0.1) is 0 Å². The average molecular weight is 292 g/mol. The van der Waals surface area contributed by atoms with Crippen LogP contribution in [0.15, 0.2) is 12.3 Å². The standard InChI is InChI=1S/C16H24N2O3/c1-3-4-5-12-8-14(20-2)15(17-9-12)16(19)18-10-13-6-7-21-11-13/h8-9,13H,3-7,10-11H2,1-2H3,(H,18,19). The van der Waals surface area contributed by atoms with Crippen molar-refractivity contribution in [2.24, 2.45) is 5.92 Å². The highest BCUT2D eigenvalue weighted by Gasteiger charge is 2.19. The molecular weight excluding hydrogens is 268 g/mol. The number of unbranched alkanes of at least 4 members (excludes halogenated alkanes) is 1. The average Bonchev–Trinajstić information content (AvgIpc) is 3.03. The Bertz CT molecular complexity index is 471. The van der Waals surface area contributed by atoms with Crippen molar-refractivity contribution in [3.63, 3.8) is 0 Å². The first-order chi connectivity index (χ1) is 10.2. The number of rotatable bonds is 7. The fourth-order valence-corrected chi connectivity index (χ4v) is 2.39. The van der Waals surface area contributed by atoms with Crippen LogP contribution in [-0.4, -0.2) is 37.8 Å². The first kappa shape index (κ1) is 15.8. The molecule has 1 atom stereocenters. The molecule has 2 rings (SSSR count). The lowest BCUT2D eigenvalue weighted by molar-refractivity contribution is 0.0936. The van der Waals surface area contributed by atoms with Gasteiger partial charge in [-0.05, 0) is 30.9 Å². The van der Waals surface area contributed by atoms with Crippen LogP contribution >= 0.6 is 0 Å². The van der Waals surface area contributed by atoms with Gasteiger partial charge in [0.05, 0.1) is 13.7 Å². The van der Waals surface area contributed by atoms with Crippen LogP contribution in [0, 0.1) is 5.92 Å². The second-order valence-electron chi connectivity index (χ2n) is 5.44. The van der Waals surface area contributed by atoms with Crippen molar-refractivity contribution in [1.82, 2.24) is 10.3 Å². The highest BCUT2D eigenvalue weighted by molar-refractivity contribution is 5.94. The quantitative estimate of drug-likeness (QED) is 0.837. The zero-order valence-corrected chi connectivity index (χ0v) is 12.9. The van der Waals surface area contributed by atoms with E-state index < -0.39 is 0 Å². The number of hydrogen-bond donors (Lipinski definition) is 1. The molecule has 0 spiro atoms. The fraction of sp³-hybridized carbons (Fsp3) is 0.625. The van der Waals surface area contributed by atoms with Crippen LogP contribution in [0.3, 0.4) is 0 Å². The van der Waals surface area contributed by atoms with Crippen molar-refractivity contribution >= 4 is 5.91 Å². The Morgan fingerprint density at radius 1 is 1.57 bits per heavy atom. The van der Waals surface area contributed by atoms with E-state index in [9.17, 15) is 4.79 Å². The maximum absolute atomic E-state index is 12.2. The number of pyridine rings is 1. The maximum Gasteiger partial charge on any atom is 0.273 e. The summed E-state index contributed by atoms with van der Waals surface area (Å²) in [5, 5.41) is 2.92. The van der Waals surface area contributed by atoms with E-state index in [1.54, 1.807) is 13.3 Å². The molecule has 1 aliphatic rings. The molecule has 1 fully saturated rings. The van der Waals surface area contributed by atoms with Crippen LogP contribution in [-0.2, 0) is 11.2 Å². The van der Waals surface area contributed by atoms with Gasteiger partial charge in [-0.1, -0.05) is 13.3 Å². The molecule has 0 saturated carbocycles. The number of ether oxygens (including phenoxy) is 2. The summed E-state index contributed by atoms with van der Waals surface area (Å²) in [7, 11) is 1.57. The lowest BCUT2D eigenvalue weighted by atomic mass is 10.1. The summed E-state index contributed by atoms with van der Waals surface area (Å²) < 4.78 is 10.6. The number of aromatic nitrogens is 1. The monoisotopic (exact) mass is 292 g/mol. The van der Waals surface area contributed by atoms with Crippen molar-refractivity contribution < 1.29 is 14.3 Å². The fourth-order valence-electron chi connectivity index (χ4n) is 2.39. The number of hydrogen-bond acceptors (Lipinski definition) is 4. The molecule has 1 amide bonds. The van der Waals surface area contributed by atoms with Crippen molar-refractivity contribution in [2.75, 3.05) is 26.9 Å². The Kier molecular flexibility index (Phi) is 5.99. The predicted octanol–water partition coefficient (Wildman–Crippen LogP) is 2.20. The molecule has 0 radical (unpaired) electrons. The molecule has 0 bridgehead atoms. The summed E-state index contributed by atoms with van der Waals surface area (Å²) in [6.07, 6.45) is 5.97. The first-order valence-corrected chi connectivity index (χ1v) is 7.63. The normalized spacial score (nSPS) is 17.7. The Morgan fingerprint density at radius 3 is 3.10 bits per heavy atom. The van der Waals surface area contributed by atoms with Gasteiger partial charge in [0.25, 0.3) is 5.91 Å². The summed E-state index contributed by atoms with van der Waals surface area (Å²) >= 11 is 0. The molecular formula is C16H24N2O3. The Labute approximate surface area is 126 Å². The molecule has 1 aliphatic heterocycles. The number of nitrogens with zero attached hydrogens (tertiary/aromatic N) is 1. The Balaban J connectivity index is 1.98. The summed E-state index contributed by atoms with van der Waals surface area (Å²) in [5.74, 6) is 0.772. The highest BCUT2D eigenvalue weighted by atomic mass is 16.5. The zero-order valence-electron chi connectivity index (χ0n) is 12.9. The molecule has 116 valence electrons. The van der Waals surface area contributed by atoms with Gasteiger partial charge in [-0.3, -0.25) is 4.79 Å². The van der Waals surface area contributed by atoms with Crippen LogP contribution in [0.5, 0.6) is 5.75 Å². The highest BCUT2D eigenvalue weighted by Crippen LogP contribution is 2.19. The molecule has 0 aliphatic carbocycles. The maximum atomic E-state index is 12.2. The zero-order chi connectivity index (χ0) is 15.1. The number of aryl methyl sites for hydroxylation is 1. The van der Waals surface area contributed by atoms with Gasteiger partial charge in [-0.2, -0.15) is 0 Å². The van der Waals surface area contributed by atoms with Crippen molar-refractivity contribution in [2.45, 2.75) is 32.6 Å². The van der Waals surface area contributed by atoms with Gasteiger partial charge in [0.1, 0.15) is 5.75 Å². The van der Waals surface area contributed by atoms with Crippen LogP contribution in [0.1, 0.15) is 42.2 Å². The first-order valence-electron chi connectivity index (χ1n) is 7.63. The third-order valence-corrected chi connectivity index (χ3v) is 3.74. The van der Waals surface area contributed by atoms with Crippen LogP contribution in [0.2, 0.25) is 0 Å². The van der Waals surface area contributed by atoms with Gasteiger partial charge in [0, 0.05) is 25.3 Å². The Morgan fingerprint density at radius 2 is 2.43 bits per heavy atom. The number of methoxy groups -OCH3 is 1. The summed E-state index contributed by atoms with van der Waals surface area (Å²) in [6.45, 7) is 4.29. The van der Waals surface area contributed by atoms with Gasteiger partial charge >= 0.3 is 0 Å². The molecule has 5 heteroatoms. The van der Waals surface area contributed by atoms with Crippen molar-refractivity contribution in [3.05, 3.63) is 23.5 Å². The molecule has 5 nitrogen and oxygen atoms in total. The number of carbonyl (C=O) groups excluding carboxylic acids is 1. The Hall–Kier alpha value is -1.62. The SMILES string of the molecule is CCCCc1cnc(C(=O)NCC2CCOC2)c(OC)c1. The smallest absolute Gasteiger partial charge is 0.273 e. The predicted molar refractivity (Wildman–Crippen MR) is 80.7 cm³/mol. The molecule has 1 unspecified atom stereocenters. The molecule has 1 saturated heterocycles. The van der Waals surface area contributed by atoms with Crippen molar-refractivity contribution in [1.29, 1.82) is 0 Å². The van der Waals surface area contributed by atoms with E-state index in [0.717, 1.165) is 44.5 Å². The number of nitrogens with one attached hydrogen (secondary N) is 1. The van der Waals surface area contributed by atoms with Crippen LogP contribution in [0.4, 0.5) is 0 Å². The van der Waals surface area contributed by atoms with Gasteiger partial charge < -0.3 is 14.8 Å². The largest absolute Gasteiger partial charge is 0.494 e. The van der Waals surface area contributed by atoms with Crippen LogP contribution in [0.25, 0.3) is 0 Å². The molecule has 1 aromatic rings. The minimum Gasteiger partial charge on any atom is -0.494 e. The molecule has 1 aromatic heterocycles. The molecule has 0 aromatic carbocycles. The molecule has 2 heterocycles. The minimum atomic E-state index is -0.180. The molecule has 1 N–H and O–H groups in total. The third-order valence-electron chi connectivity index (χ3n) is 3.74. The van der Waals surface area contributed by atoms with E-state index in [-0.39, 0.29) is 5.91 Å². The van der Waals surface area contributed by atoms with E-state index in [1.165, 1.54) is 0 Å². The number of carbonyl (C=O) groups is 1. The van der Waals surface area contributed by atoms with Gasteiger partial charge in [0.15, 0.2) is 5.69 Å². The van der Waals surface area contributed by atoms with E-state index in [4.69, 9.17) is 9.47 Å². The van der Waals surface area contributed by atoms with Gasteiger partial charge in [-0.25, -0.2) is 4.98 Å². The summed E-state index contributed by atoms with van der Waals surface area (Å²) in [4.78, 5) is 16.5. The van der Waals surface area contributed by atoms with E-state index in [1.807, 2.05) is 6.07 Å². The lowest BCUT2D eigenvalue weighted by Gasteiger charge is -2.12. The van der Waals surface area contributed by atoms with E-state index in [2.05, 4.69) is 17.2 Å². The summed E-state index contributed by atoms with van der Waals surface area (Å²) in [5.41, 5.74) is 1.46. The third kappa shape index (κ3) is 4.43. The lowest BCUT2D eigenvalue weighted by Crippen LogP contribution is -2.30. The summed E-state index contributed by atoms with van der Waals surface area (Å²) in [6, 6.07) is 1.91.